The van der Waals surface area contributed by atoms with Gasteiger partial charge in [-0.1, -0.05) is 54.6 Å². The molecule has 29 heavy (non-hydrogen) atoms. The summed E-state index contributed by atoms with van der Waals surface area (Å²) in [5.74, 6) is -0.903. The molecule has 0 saturated heterocycles. The normalized spacial score (nSPS) is 11.6. The topological polar surface area (TPSA) is 55.4 Å². The number of carbonyl (C=O) groups excluding carboxylic acids is 2. The minimum atomic E-state index is -1.05. The van der Waals surface area contributed by atoms with Crippen molar-refractivity contribution in [2.45, 2.75) is 33.8 Å². The minimum absolute atomic E-state index is 0.386. The Morgan fingerprint density at radius 1 is 0.828 bits per heavy atom. The minimum Gasteiger partial charge on any atom is -0.444 e. The van der Waals surface area contributed by atoms with Gasteiger partial charge in [0.15, 0.2) is 0 Å². The van der Waals surface area contributed by atoms with Crippen molar-refractivity contribution in [3.63, 3.8) is 0 Å². The first kappa shape index (κ1) is 20.3. The molecule has 3 rings (SSSR count). The quantitative estimate of drug-likeness (QED) is 0.592. The monoisotopic (exact) mass is 387 g/mol. The van der Waals surface area contributed by atoms with Crippen LogP contribution in [0.4, 0.5) is 5.69 Å². The van der Waals surface area contributed by atoms with E-state index in [0.29, 0.717) is 16.8 Å². The molecule has 0 aromatic heterocycles. The van der Waals surface area contributed by atoms with Gasteiger partial charge in [0.05, 0.1) is 5.56 Å². The van der Waals surface area contributed by atoms with Gasteiger partial charge in [-0.25, -0.2) is 4.79 Å². The van der Waals surface area contributed by atoms with Crippen molar-refractivity contribution in [3.05, 3.63) is 100 Å². The first-order valence-corrected chi connectivity index (χ1v) is 9.57. The van der Waals surface area contributed by atoms with Gasteiger partial charge in [0.1, 0.15) is 0 Å². The molecule has 0 unspecified atom stereocenters. The third kappa shape index (κ3) is 4.72. The SMILES string of the molecule is Cc1ccc(C)c(NC(=O)[C@@H](OC(=O)c2cccc(C)c2C)c2ccccc2)c1. The highest BCUT2D eigenvalue weighted by molar-refractivity contribution is 5.99. The first-order chi connectivity index (χ1) is 13.9. The second-order valence-corrected chi connectivity index (χ2v) is 7.25. The van der Waals surface area contributed by atoms with Crippen LogP contribution >= 0.6 is 0 Å². The zero-order chi connectivity index (χ0) is 21.0. The fraction of sp³-hybridized carbons (Fsp3) is 0.200. The summed E-state index contributed by atoms with van der Waals surface area (Å²) in [5.41, 5.74) is 5.61. The molecule has 0 aliphatic rings. The van der Waals surface area contributed by atoms with E-state index < -0.39 is 12.1 Å². The Kier molecular flexibility index (Phi) is 6.13. The number of esters is 1. The number of hydrogen-bond donors (Lipinski definition) is 1. The molecule has 1 N–H and O–H groups in total. The van der Waals surface area contributed by atoms with Crippen molar-refractivity contribution in [1.82, 2.24) is 0 Å². The highest BCUT2D eigenvalue weighted by Gasteiger charge is 2.27. The average Bonchev–Trinajstić information content (AvgIpc) is 2.71. The van der Waals surface area contributed by atoms with Gasteiger partial charge >= 0.3 is 5.97 Å². The fourth-order valence-electron chi connectivity index (χ4n) is 3.11. The average molecular weight is 387 g/mol. The van der Waals surface area contributed by atoms with Gasteiger partial charge < -0.3 is 10.1 Å². The van der Waals surface area contributed by atoms with Crippen molar-refractivity contribution in [3.8, 4) is 0 Å². The van der Waals surface area contributed by atoms with E-state index in [-0.39, 0.29) is 5.91 Å². The highest BCUT2D eigenvalue weighted by atomic mass is 16.5. The molecule has 0 saturated carbocycles. The van der Waals surface area contributed by atoms with E-state index in [4.69, 9.17) is 4.74 Å². The Labute approximate surface area is 171 Å². The van der Waals surface area contributed by atoms with Crippen LogP contribution in [-0.4, -0.2) is 11.9 Å². The highest BCUT2D eigenvalue weighted by Crippen LogP contribution is 2.25. The summed E-state index contributed by atoms with van der Waals surface area (Å²) in [6, 6.07) is 20.4. The molecule has 0 aliphatic heterocycles. The molecule has 1 amide bonds. The van der Waals surface area contributed by atoms with E-state index in [0.717, 1.165) is 22.3 Å². The number of anilines is 1. The lowest BCUT2D eigenvalue weighted by Crippen LogP contribution is -2.26. The smallest absolute Gasteiger partial charge is 0.339 e. The Morgan fingerprint density at radius 3 is 2.28 bits per heavy atom. The molecule has 0 radical (unpaired) electrons. The van der Waals surface area contributed by atoms with Gasteiger partial charge in [-0.3, -0.25) is 4.79 Å². The lowest BCUT2D eigenvalue weighted by molar-refractivity contribution is -0.125. The molecule has 0 bridgehead atoms. The zero-order valence-electron chi connectivity index (χ0n) is 17.2. The molecular formula is C25H25NO3. The molecule has 1 atom stereocenters. The molecule has 148 valence electrons. The van der Waals surface area contributed by atoms with Gasteiger partial charge in [-0.2, -0.15) is 0 Å². The number of benzene rings is 3. The third-order valence-corrected chi connectivity index (χ3v) is 5.04. The maximum atomic E-state index is 13.1. The van der Waals surface area contributed by atoms with Crippen LogP contribution in [0, 0.1) is 27.7 Å². The molecule has 3 aromatic carbocycles. The maximum Gasteiger partial charge on any atom is 0.339 e. The maximum absolute atomic E-state index is 13.1. The summed E-state index contributed by atoms with van der Waals surface area (Å²) in [4.78, 5) is 26.0. The van der Waals surface area contributed by atoms with Gasteiger partial charge in [0.2, 0.25) is 6.10 Å². The van der Waals surface area contributed by atoms with Gasteiger partial charge in [-0.05, 0) is 62.1 Å². The van der Waals surface area contributed by atoms with E-state index in [1.807, 2.05) is 76.2 Å². The van der Waals surface area contributed by atoms with E-state index in [1.54, 1.807) is 18.2 Å². The molecule has 0 heterocycles. The fourth-order valence-corrected chi connectivity index (χ4v) is 3.11. The second kappa shape index (κ2) is 8.74. The van der Waals surface area contributed by atoms with Crippen LogP contribution in [0.2, 0.25) is 0 Å². The molecule has 0 fully saturated rings. The van der Waals surface area contributed by atoms with Crippen molar-refractivity contribution < 1.29 is 14.3 Å². The zero-order valence-corrected chi connectivity index (χ0v) is 17.2. The number of hydrogen-bond acceptors (Lipinski definition) is 3. The van der Waals surface area contributed by atoms with Crippen LogP contribution in [0.3, 0.4) is 0 Å². The van der Waals surface area contributed by atoms with Crippen LogP contribution in [0.1, 0.15) is 44.3 Å². The summed E-state index contributed by atoms with van der Waals surface area (Å²) in [5, 5.41) is 2.92. The van der Waals surface area contributed by atoms with Crippen molar-refractivity contribution in [1.29, 1.82) is 0 Å². The van der Waals surface area contributed by atoms with Crippen molar-refractivity contribution >= 4 is 17.6 Å². The van der Waals surface area contributed by atoms with Gasteiger partial charge in [-0.15, -0.1) is 0 Å². The van der Waals surface area contributed by atoms with Gasteiger partial charge in [0, 0.05) is 11.3 Å². The van der Waals surface area contributed by atoms with Crippen LogP contribution in [0.15, 0.2) is 66.7 Å². The second-order valence-electron chi connectivity index (χ2n) is 7.25. The van der Waals surface area contributed by atoms with Gasteiger partial charge in [0.25, 0.3) is 5.91 Å². The largest absolute Gasteiger partial charge is 0.444 e. The van der Waals surface area contributed by atoms with E-state index >= 15 is 0 Å². The van der Waals surface area contributed by atoms with E-state index in [9.17, 15) is 9.59 Å². The number of amides is 1. The first-order valence-electron chi connectivity index (χ1n) is 9.57. The lowest BCUT2D eigenvalue weighted by Gasteiger charge is -2.20. The Bertz CT molecular complexity index is 1040. The molecule has 4 heteroatoms. The Hall–Kier alpha value is -3.40. The molecule has 0 aliphatic carbocycles. The molecule has 0 spiro atoms. The van der Waals surface area contributed by atoms with Crippen LogP contribution < -0.4 is 5.32 Å². The third-order valence-electron chi connectivity index (χ3n) is 5.04. The van der Waals surface area contributed by atoms with Crippen molar-refractivity contribution in [2.24, 2.45) is 0 Å². The molecule has 4 nitrogen and oxygen atoms in total. The number of nitrogens with one attached hydrogen (secondary N) is 1. The predicted octanol–water partition coefficient (Wildman–Crippen LogP) is 5.46. The number of carbonyl (C=O) groups is 2. The summed E-state index contributed by atoms with van der Waals surface area (Å²) < 4.78 is 5.71. The number of rotatable bonds is 5. The Morgan fingerprint density at radius 2 is 1.55 bits per heavy atom. The molecule has 3 aromatic rings. The van der Waals surface area contributed by atoms with Crippen LogP contribution in [0.5, 0.6) is 0 Å². The summed E-state index contributed by atoms with van der Waals surface area (Å²) in [7, 11) is 0. The summed E-state index contributed by atoms with van der Waals surface area (Å²) >= 11 is 0. The van der Waals surface area contributed by atoms with Crippen LogP contribution in [-0.2, 0) is 9.53 Å². The number of ether oxygens (including phenoxy) is 1. The van der Waals surface area contributed by atoms with E-state index in [1.165, 1.54) is 0 Å². The standard InChI is InChI=1S/C25H25NO3/c1-16-13-14-18(3)22(15-16)26-24(27)23(20-10-6-5-7-11-20)29-25(28)21-12-8-9-17(2)19(21)4/h5-15,23H,1-4H3,(H,26,27)/t23-/m0/s1. The summed E-state index contributed by atoms with van der Waals surface area (Å²) in [6.07, 6.45) is -1.05. The predicted molar refractivity (Wildman–Crippen MR) is 115 cm³/mol. The Balaban J connectivity index is 1.91. The summed E-state index contributed by atoms with van der Waals surface area (Å²) in [6.45, 7) is 7.70. The lowest BCUT2D eigenvalue weighted by atomic mass is 10.0. The molecular weight excluding hydrogens is 362 g/mol. The van der Waals surface area contributed by atoms with E-state index in [2.05, 4.69) is 5.32 Å². The van der Waals surface area contributed by atoms with Crippen molar-refractivity contribution in [2.75, 3.05) is 5.32 Å². The van der Waals surface area contributed by atoms with Crippen LogP contribution in [0.25, 0.3) is 0 Å². The number of aryl methyl sites for hydroxylation is 3.